The predicted molar refractivity (Wildman–Crippen MR) is 92.9 cm³/mol. The number of benzene rings is 1. The lowest BCUT2D eigenvalue weighted by Gasteiger charge is -2.21. The van der Waals surface area contributed by atoms with Crippen LogP contribution >= 0.6 is 23.2 Å². The largest absolute Gasteiger partial charge is 0.395 e. The number of halogens is 2. The van der Waals surface area contributed by atoms with Gasteiger partial charge in [0, 0.05) is 25.8 Å². The molecule has 3 aromatic rings. The molecule has 0 radical (unpaired) electrons. The monoisotopic (exact) mass is 349 g/mol. The first-order valence-corrected chi connectivity index (χ1v) is 8.11. The minimum Gasteiger partial charge on any atom is -0.395 e. The Hall–Kier alpha value is -1.59. The van der Waals surface area contributed by atoms with Crippen molar-refractivity contribution < 1.29 is 5.11 Å². The Balaban J connectivity index is 1.79. The average Bonchev–Trinajstić information content (AvgIpc) is 2.94. The van der Waals surface area contributed by atoms with Crippen LogP contribution in [0.4, 0.5) is 0 Å². The molecule has 120 valence electrons. The van der Waals surface area contributed by atoms with Crippen LogP contribution in [-0.4, -0.2) is 32.5 Å². The Morgan fingerprint density at radius 2 is 1.96 bits per heavy atom. The van der Waals surface area contributed by atoms with Gasteiger partial charge in [0.2, 0.25) is 0 Å². The second-order valence-corrected chi connectivity index (χ2v) is 6.18. The van der Waals surface area contributed by atoms with E-state index in [1.165, 1.54) is 0 Å². The summed E-state index contributed by atoms with van der Waals surface area (Å²) in [5.41, 5.74) is 3.05. The molecule has 0 atom stereocenters. The van der Waals surface area contributed by atoms with E-state index in [-0.39, 0.29) is 6.61 Å². The highest BCUT2D eigenvalue weighted by atomic mass is 35.5. The van der Waals surface area contributed by atoms with Gasteiger partial charge in [-0.25, -0.2) is 4.98 Å². The molecule has 0 amide bonds. The number of aliphatic hydroxyl groups is 1. The lowest BCUT2D eigenvalue weighted by Crippen LogP contribution is -2.26. The summed E-state index contributed by atoms with van der Waals surface area (Å²) >= 11 is 12.0. The van der Waals surface area contributed by atoms with Crippen molar-refractivity contribution in [3.63, 3.8) is 0 Å². The van der Waals surface area contributed by atoms with E-state index >= 15 is 0 Å². The maximum atomic E-state index is 9.34. The fourth-order valence-corrected chi connectivity index (χ4v) is 2.90. The number of pyridine rings is 1. The first-order valence-electron chi connectivity index (χ1n) is 7.35. The molecule has 2 heterocycles. The van der Waals surface area contributed by atoms with Gasteiger partial charge in [0.05, 0.1) is 28.5 Å². The van der Waals surface area contributed by atoms with Crippen molar-refractivity contribution in [2.75, 3.05) is 13.2 Å². The SMILES string of the molecule is OCCN(Cc1ccc(Cl)c(Cl)c1)Cc1cnc2ccccn12. The van der Waals surface area contributed by atoms with Gasteiger partial charge in [-0.15, -0.1) is 0 Å². The van der Waals surface area contributed by atoms with Crippen LogP contribution in [-0.2, 0) is 13.1 Å². The van der Waals surface area contributed by atoms with Crippen LogP contribution in [0.2, 0.25) is 10.0 Å². The minimum absolute atomic E-state index is 0.0953. The van der Waals surface area contributed by atoms with E-state index < -0.39 is 0 Å². The molecule has 0 bridgehead atoms. The molecule has 0 unspecified atom stereocenters. The zero-order valence-corrected chi connectivity index (χ0v) is 14.0. The number of rotatable bonds is 6. The first kappa shape index (κ1) is 16.3. The maximum absolute atomic E-state index is 9.34. The molecule has 3 rings (SSSR count). The van der Waals surface area contributed by atoms with Crippen LogP contribution in [0.25, 0.3) is 5.65 Å². The lowest BCUT2D eigenvalue weighted by atomic mass is 10.2. The van der Waals surface area contributed by atoms with Gasteiger partial charge in [0.15, 0.2) is 0 Å². The highest BCUT2D eigenvalue weighted by molar-refractivity contribution is 6.42. The average molecular weight is 350 g/mol. The molecule has 6 heteroatoms. The van der Waals surface area contributed by atoms with Crippen molar-refractivity contribution in [1.82, 2.24) is 14.3 Å². The highest BCUT2D eigenvalue weighted by Crippen LogP contribution is 2.23. The molecule has 0 aliphatic heterocycles. The molecular formula is C17H17Cl2N3O. The molecule has 0 aliphatic rings. The van der Waals surface area contributed by atoms with Crippen LogP contribution in [0.1, 0.15) is 11.3 Å². The smallest absolute Gasteiger partial charge is 0.136 e. The predicted octanol–water partition coefficient (Wildman–Crippen LogP) is 3.64. The Labute approximate surface area is 144 Å². The van der Waals surface area contributed by atoms with E-state index in [4.69, 9.17) is 23.2 Å². The van der Waals surface area contributed by atoms with Gasteiger partial charge in [-0.3, -0.25) is 4.90 Å². The standard InChI is InChI=1S/C17H17Cl2N3O/c18-15-5-4-13(9-16(15)19)11-21(7-8-23)12-14-10-20-17-3-1-2-6-22(14)17/h1-6,9-10,23H,7-8,11-12H2. The van der Waals surface area contributed by atoms with E-state index in [0.717, 1.165) is 16.9 Å². The summed E-state index contributed by atoms with van der Waals surface area (Å²) in [4.78, 5) is 6.55. The van der Waals surface area contributed by atoms with Gasteiger partial charge in [0.25, 0.3) is 0 Å². The van der Waals surface area contributed by atoms with Crippen molar-refractivity contribution >= 4 is 28.8 Å². The zero-order valence-electron chi connectivity index (χ0n) is 12.5. The number of hydrogen-bond donors (Lipinski definition) is 1. The fourth-order valence-electron chi connectivity index (χ4n) is 2.58. The molecule has 4 nitrogen and oxygen atoms in total. The van der Waals surface area contributed by atoms with Crippen molar-refractivity contribution in [2.45, 2.75) is 13.1 Å². The van der Waals surface area contributed by atoms with Crippen molar-refractivity contribution in [3.05, 3.63) is 70.1 Å². The van der Waals surface area contributed by atoms with E-state index in [0.29, 0.717) is 29.7 Å². The Kier molecular flexibility index (Phi) is 5.18. The molecule has 23 heavy (non-hydrogen) atoms. The summed E-state index contributed by atoms with van der Waals surface area (Å²) in [5, 5.41) is 10.4. The second kappa shape index (κ2) is 7.32. The van der Waals surface area contributed by atoms with E-state index in [1.54, 1.807) is 6.07 Å². The van der Waals surface area contributed by atoms with Gasteiger partial charge in [-0.2, -0.15) is 0 Å². The number of aromatic nitrogens is 2. The number of fused-ring (bicyclic) bond motifs is 1. The molecule has 0 spiro atoms. The number of aliphatic hydroxyl groups excluding tert-OH is 1. The van der Waals surface area contributed by atoms with Crippen molar-refractivity contribution in [1.29, 1.82) is 0 Å². The highest BCUT2D eigenvalue weighted by Gasteiger charge is 2.11. The molecule has 0 fully saturated rings. The zero-order chi connectivity index (χ0) is 16.2. The van der Waals surface area contributed by atoms with Gasteiger partial charge in [0.1, 0.15) is 5.65 Å². The van der Waals surface area contributed by atoms with Gasteiger partial charge in [-0.05, 0) is 29.8 Å². The summed E-state index contributed by atoms with van der Waals surface area (Å²) < 4.78 is 2.05. The van der Waals surface area contributed by atoms with Crippen LogP contribution in [0, 0.1) is 0 Å². The minimum atomic E-state index is 0.0953. The van der Waals surface area contributed by atoms with Gasteiger partial charge >= 0.3 is 0 Å². The summed E-state index contributed by atoms with van der Waals surface area (Å²) in [7, 11) is 0. The number of nitrogens with zero attached hydrogens (tertiary/aromatic N) is 3. The van der Waals surface area contributed by atoms with E-state index in [9.17, 15) is 5.11 Å². The molecule has 0 aliphatic carbocycles. The van der Waals surface area contributed by atoms with Gasteiger partial charge < -0.3 is 9.51 Å². The maximum Gasteiger partial charge on any atom is 0.136 e. The molecular weight excluding hydrogens is 333 g/mol. The number of hydrogen-bond acceptors (Lipinski definition) is 3. The molecule has 1 aromatic carbocycles. The molecule has 1 N–H and O–H groups in total. The van der Waals surface area contributed by atoms with E-state index in [1.807, 2.05) is 42.7 Å². The third kappa shape index (κ3) is 3.85. The van der Waals surface area contributed by atoms with Gasteiger partial charge in [-0.1, -0.05) is 35.3 Å². The normalized spacial score (nSPS) is 11.5. The summed E-state index contributed by atoms with van der Waals surface area (Å²) in [6.07, 6.45) is 3.86. The Bertz CT molecular complexity index is 803. The molecule has 0 saturated carbocycles. The van der Waals surface area contributed by atoms with Crippen LogP contribution < -0.4 is 0 Å². The van der Waals surface area contributed by atoms with Crippen LogP contribution in [0.5, 0.6) is 0 Å². The fraction of sp³-hybridized carbons (Fsp3) is 0.235. The third-order valence-corrected chi connectivity index (χ3v) is 4.42. The quantitative estimate of drug-likeness (QED) is 0.738. The summed E-state index contributed by atoms with van der Waals surface area (Å²) in [6, 6.07) is 11.5. The topological polar surface area (TPSA) is 40.8 Å². The third-order valence-electron chi connectivity index (χ3n) is 3.69. The summed E-state index contributed by atoms with van der Waals surface area (Å²) in [6.45, 7) is 2.03. The Morgan fingerprint density at radius 3 is 2.74 bits per heavy atom. The van der Waals surface area contributed by atoms with Crippen LogP contribution in [0.3, 0.4) is 0 Å². The van der Waals surface area contributed by atoms with Crippen LogP contribution in [0.15, 0.2) is 48.8 Å². The summed E-state index contributed by atoms with van der Waals surface area (Å²) in [5.74, 6) is 0. The second-order valence-electron chi connectivity index (χ2n) is 5.36. The van der Waals surface area contributed by atoms with E-state index in [2.05, 4.69) is 14.3 Å². The van der Waals surface area contributed by atoms with Crippen molar-refractivity contribution in [3.8, 4) is 0 Å². The lowest BCUT2D eigenvalue weighted by molar-refractivity contribution is 0.182. The Morgan fingerprint density at radius 1 is 1.09 bits per heavy atom. The molecule has 0 saturated heterocycles. The molecule has 2 aromatic heterocycles. The van der Waals surface area contributed by atoms with Crippen molar-refractivity contribution in [2.24, 2.45) is 0 Å². The first-order chi connectivity index (χ1) is 11.2. The number of imidazole rings is 1.